The monoisotopic (exact) mass is 466 g/mol. The van der Waals surface area contributed by atoms with E-state index < -0.39 is 17.9 Å². The van der Waals surface area contributed by atoms with Gasteiger partial charge in [0.05, 0.1) is 34.8 Å². The quantitative estimate of drug-likeness (QED) is 0.512. The van der Waals surface area contributed by atoms with Crippen LogP contribution in [0, 0.1) is 0 Å². The average molecular weight is 467 g/mol. The lowest BCUT2D eigenvalue weighted by Gasteiger charge is -2.22. The lowest BCUT2D eigenvalue weighted by Crippen LogP contribution is -2.50. The molecule has 3 rings (SSSR count). The van der Waals surface area contributed by atoms with Crippen LogP contribution in [0.1, 0.15) is 20.4 Å². The fraction of sp³-hybridized carbons (Fsp3) is 0.421. The van der Waals surface area contributed by atoms with Gasteiger partial charge in [-0.05, 0) is 26.2 Å². The molecular formula is C19H23ClN6O4S. The Morgan fingerprint density at radius 3 is 2.77 bits per heavy atom. The van der Waals surface area contributed by atoms with Crippen molar-refractivity contribution in [2.45, 2.75) is 19.1 Å². The van der Waals surface area contributed by atoms with Crippen molar-refractivity contribution < 1.29 is 19.1 Å². The van der Waals surface area contributed by atoms with Crippen molar-refractivity contribution in [1.29, 1.82) is 0 Å². The molecule has 2 aromatic rings. The third kappa shape index (κ3) is 6.69. The molecule has 0 aliphatic carbocycles. The number of ether oxygens (including phenoxy) is 1. The lowest BCUT2D eigenvalue weighted by atomic mass is 10.2. The number of amides is 3. The first-order valence-corrected chi connectivity index (χ1v) is 10.7. The Bertz CT molecular complexity index is 926. The molecule has 1 aliphatic heterocycles. The van der Waals surface area contributed by atoms with Gasteiger partial charge >= 0.3 is 11.8 Å². The number of anilines is 1. The molecule has 10 nitrogen and oxygen atoms in total. The van der Waals surface area contributed by atoms with Crippen molar-refractivity contribution in [3.63, 3.8) is 0 Å². The maximum Gasteiger partial charge on any atom is 0.314 e. The number of fused-ring (bicyclic) bond motifs is 1. The van der Waals surface area contributed by atoms with Crippen LogP contribution >= 0.6 is 22.9 Å². The third-order valence-electron chi connectivity index (χ3n) is 4.29. The van der Waals surface area contributed by atoms with Crippen LogP contribution in [0.25, 0.3) is 0 Å². The Labute approximate surface area is 188 Å². The summed E-state index contributed by atoms with van der Waals surface area (Å²) in [5.74, 6) is -1.82. The van der Waals surface area contributed by atoms with Crippen molar-refractivity contribution >= 4 is 46.5 Å². The average Bonchev–Trinajstić information content (AvgIpc) is 3.17. The summed E-state index contributed by atoms with van der Waals surface area (Å²) >= 11 is 7.06. The molecule has 0 bridgehead atoms. The van der Waals surface area contributed by atoms with Gasteiger partial charge in [-0.15, -0.1) is 11.3 Å². The molecule has 0 saturated carbocycles. The molecule has 0 spiro atoms. The van der Waals surface area contributed by atoms with Gasteiger partial charge in [0.15, 0.2) is 5.01 Å². The molecule has 3 heterocycles. The lowest BCUT2D eigenvalue weighted by molar-refractivity contribution is -0.136. The van der Waals surface area contributed by atoms with E-state index in [-0.39, 0.29) is 18.3 Å². The van der Waals surface area contributed by atoms with Crippen LogP contribution in [-0.2, 0) is 27.4 Å². The van der Waals surface area contributed by atoms with E-state index in [4.69, 9.17) is 16.3 Å². The number of likely N-dealkylation sites (N-methyl/N-ethyl adjacent to an activating group) is 1. The number of carbonyl (C=O) groups excluding carboxylic acids is 3. The summed E-state index contributed by atoms with van der Waals surface area (Å²) in [5, 5.41) is 8.58. The molecule has 12 heteroatoms. The summed E-state index contributed by atoms with van der Waals surface area (Å²) < 4.78 is 5.39. The molecule has 31 heavy (non-hydrogen) atoms. The van der Waals surface area contributed by atoms with Gasteiger partial charge in [0.25, 0.3) is 5.91 Å². The molecule has 2 aromatic heterocycles. The summed E-state index contributed by atoms with van der Waals surface area (Å²) in [7, 11) is 3.69. The first-order valence-electron chi connectivity index (χ1n) is 9.54. The van der Waals surface area contributed by atoms with E-state index >= 15 is 0 Å². The largest absolute Gasteiger partial charge is 0.375 e. The number of nitrogens with zero attached hydrogens (tertiary/aromatic N) is 3. The van der Waals surface area contributed by atoms with E-state index in [1.165, 1.54) is 23.6 Å². The number of hydrogen-bond acceptors (Lipinski definition) is 8. The minimum atomic E-state index is -0.864. The predicted octanol–water partition coefficient (Wildman–Crippen LogP) is 0.679. The molecule has 166 valence electrons. The minimum Gasteiger partial charge on any atom is -0.375 e. The van der Waals surface area contributed by atoms with Crippen molar-refractivity contribution in [3.05, 3.63) is 38.9 Å². The van der Waals surface area contributed by atoms with Crippen molar-refractivity contribution in [2.75, 3.05) is 39.1 Å². The van der Waals surface area contributed by atoms with Crippen LogP contribution < -0.4 is 16.0 Å². The molecule has 1 atom stereocenters. The zero-order chi connectivity index (χ0) is 22.4. The maximum atomic E-state index is 12.7. The molecular weight excluding hydrogens is 444 g/mol. The van der Waals surface area contributed by atoms with Crippen LogP contribution in [0.5, 0.6) is 0 Å². The zero-order valence-electron chi connectivity index (χ0n) is 17.1. The molecule has 0 radical (unpaired) electrons. The molecule has 1 aliphatic rings. The topological polar surface area (TPSA) is 126 Å². The van der Waals surface area contributed by atoms with Gasteiger partial charge in [0, 0.05) is 25.7 Å². The summed E-state index contributed by atoms with van der Waals surface area (Å²) in [6, 6.07) is 2.61. The molecule has 0 fully saturated rings. The number of aromatic nitrogens is 2. The van der Waals surface area contributed by atoms with Crippen LogP contribution in [-0.4, -0.2) is 72.4 Å². The Morgan fingerprint density at radius 1 is 1.29 bits per heavy atom. The molecule has 3 N–H and O–H groups in total. The number of thiazole rings is 1. The van der Waals surface area contributed by atoms with Gasteiger partial charge in [0.2, 0.25) is 0 Å². The highest BCUT2D eigenvalue weighted by molar-refractivity contribution is 7.13. The molecule has 3 amide bonds. The van der Waals surface area contributed by atoms with Crippen LogP contribution in [0.4, 0.5) is 5.82 Å². The number of halogens is 1. The summed E-state index contributed by atoms with van der Waals surface area (Å²) in [5.41, 5.74) is 0.895. The van der Waals surface area contributed by atoms with Crippen LogP contribution in [0.3, 0.4) is 0 Å². The van der Waals surface area contributed by atoms with E-state index in [1.807, 2.05) is 19.0 Å². The van der Waals surface area contributed by atoms with Crippen molar-refractivity contribution in [1.82, 2.24) is 25.5 Å². The first kappa shape index (κ1) is 23.1. The highest BCUT2D eigenvalue weighted by atomic mass is 35.5. The zero-order valence-corrected chi connectivity index (χ0v) is 18.7. The Balaban J connectivity index is 1.55. The number of carbonyl (C=O) groups is 3. The number of nitrogens with one attached hydrogen (secondary N) is 3. The third-order valence-corrected chi connectivity index (χ3v) is 5.59. The number of hydrogen-bond donors (Lipinski definition) is 3. The van der Waals surface area contributed by atoms with Gasteiger partial charge in [-0.25, -0.2) is 9.97 Å². The summed E-state index contributed by atoms with van der Waals surface area (Å²) in [6.45, 7) is 1.59. The molecule has 0 saturated heterocycles. The van der Waals surface area contributed by atoms with Gasteiger partial charge in [-0.2, -0.15) is 0 Å². The molecule has 0 unspecified atom stereocenters. The highest BCUT2D eigenvalue weighted by Gasteiger charge is 2.23. The standard InChI is InChI=1S/C19H23ClN6O4S/c1-26(2)9-12(23-18(29)19-24-13-5-6-30-10-14(13)31-19)8-22-16(27)17(28)25-15-4-3-11(20)7-21-15/h3-4,7,12H,5-6,8-10H2,1-2H3,(H,22,27)(H,23,29)(H,21,25,28)/t12-/m0/s1. The Kier molecular flexibility index (Phi) is 7.91. The fourth-order valence-corrected chi connectivity index (χ4v) is 3.95. The van der Waals surface area contributed by atoms with Gasteiger partial charge in [-0.3, -0.25) is 14.4 Å². The predicted molar refractivity (Wildman–Crippen MR) is 116 cm³/mol. The molecule has 0 aromatic carbocycles. The maximum absolute atomic E-state index is 12.7. The highest BCUT2D eigenvalue weighted by Crippen LogP contribution is 2.23. The number of rotatable bonds is 7. The van der Waals surface area contributed by atoms with Crippen LogP contribution in [0.2, 0.25) is 5.02 Å². The Hall–Kier alpha value is -2.60. The Morgan fingerprint density at radius 2 is 2.10 bits per heavy atom. The van der Waals surface area contributed by atoms with Gasteiger partial charge in [-0.1, -0.05) is 11.6 Å². The van der Waals surface area contributed by atoms with E-state index in [1.54, 1.807) is 6.07 Å². The van der Waals surface area contributed by atoms with Crippen LogP contribution in [0.15, 0.2) is 18.3 Å². The van der Waals surface area contributed by atoms with E-state index in [9.17, 15) is 14.4 Å². The summed E-state index contributed by atoms with van der Waals surface area (Å²) in [6.07, 6.45) is 2.05. The van der Waals surface area contributed by atoms with Gasteiger partial charge < -0.3 is 25.6 Å². The first-order chi connectivity index (χ1) is 14.8. The van der Waals surface area contributed by atoms with Crippen molar-refractivity contribution in [3.8, 4) is 0 Å². The smallest absolute Gasteiger partial charge is 0.314 e. The minimum absolute atomic E-state index is 0.0679. The SMILES string of the molecule is CN(C)C[C@H](CNC(=O)C(=O)Nc1ccc(Cl)cn1)NC(=O)c1nc2c(s1)COCC2. The normalized spacial score (nSPS) is 13.9. The second-order valence-corrected chi connectivity index (χ2v) is 8.67. The van der Waals surface area contributed by atoms with Gasteiger partial charge in [0.1, 0.15) is 5.82 Å². The second kappa shape index (κ2) is 10.6. The second-order valence-electron chi connectivity index (χ2n) is 7.15. The summed E-state index contributed by atoms with van der Waals surface area (Å²) in [4.78, 5) is 48.1. The fourth-order valence-electron chi connectivity index (χ4n) is 2.89. The van der Waals surface area contributed by atoms with Crippen molar-refractivity contribution in [2.24, 2.45) is 0 Å². The van der Waals surface area contributed by atoms with E-state index in [0.717, 1.165) is 10.6 Å². The number of pyridine rings is 1. The van der Waals surface area contributed by atoms with E-state index in [2.05, 4.69) is 25.9 Å². The van der Waals surface area contributed by atoms with E-state index in [0.29, 0.717) is 36.2 Å².